The molecule has 1 saturated heterocycles. The summed E-state index contributed by atoms with van der Waals surface area (Å²) in [5.41, 5.74) is 1.29. The van der Waals surface area contributed by atoms with Crippen molar-refractivity contribution in [1.29, 1.82) is 0 Å². The van der Waals surface area contributed by atoms with Crippen molar-refractivity contribution in [2.75, 3.05) is 27.3 Å². The van der Waals surface area contributed by atoms with Crippen LogP contribution in [0.2, 0.25) is 0 Å². The molecule has 1 heterocycles. The third-order valence-corrected chi connectivity index (χ3v) is 5.10. The van der Waals surface area contributed by atoms with Crippen LogP contribution in [0.3, 0.4) is 0 Å². The lowest BCUT2D eigenvalue weighted by Gasteiger charge is -2.38. The van der Waals surface area contributed by atoms with E-state index in [0.717, 1.165) is 12.0 Å². The van der Waals surface area contributed by atoms with E-state index in [2.05, 4.69) is 0 Å². The first-order valence-corrected chi connectivity index (χ1v) is 8.98. The van der Waals surface area contributed by atoms with Gasteiger partial charge in [0.2, 0.25) is 0 Å². The quantitative estimate of drug-likeness (QED) is 0.836. The molecule has 1 aliphatic heterocycles. The van der Waals surface area contributed by atoms with E-state index in [1.54, 1.807) is 38.5 Å². The Morgan fingerprint density at radius 2 is 1.96 bits per heavy atom. The molecular weight excluding hydrogens is 349 g/mol. The molecule has 0 spiro atoms. The third kappa shape index (κ3) is 4.06. The maximum absolute atomic E-state index is 14.7. The molecule has 1 fully saturated rings. The monoisotopic (exact) mass is 373 g/mol. The summed E-state index contributed by atoms with van der Waals surface area (Å²) in [7, 11) is 3.14. The van der Waals surface area contributed by atoms with E-state index in [0.29, 0.717) is 36.6 Å². The van der Waals surface area contributed by atoms with Crippen molar-refractivity contribution in [1.82, 2.24) is 4.90 Å². The van der Waals surface area contributed by atoms with Gasteiger partial charge in [0.1, 0.15) is 17.3 Å². The second-order valence-electron chi connectivity index (χ2n) is 6.70. The Kier molecular flexibility index (Phi) is 5.96. The van der Waals surface area contributed by atoms with E-state index < -0.39 is 17.9 Å². The molecule has 0 radical (unpaired) electrons. The van der Waals surface area contributed by atoms with Crippen molar-refractivity contribution in [2.24, 2.45) is 5.92 Å². The molecule has 2 unspecified atom stereocenters. The highest BCUT2D eigenvalue weighted by atomic mass is 19.1. The Labute approximate surface area is 158 Å². The van der Waals surface area contributed by atoms with Gasteiger partial charge in [-0.15, -0.1) is 0 Å². The van der Waals surface area contributed by atoms with Gasteiger partial charge in [0, 0.05) is 23.7 Å². The van der Waals surface area contributed by atoms with Crippen molar-refractivity contribution in [3.8, 4) is 11.5 Å². The van der Waals surface area contributed by atoms with Gasteiger partial charge in [-0.25, -0.2) is 4.39 Å². The number of carbonyl (C=O) groups is 1. The Balaban J connectivity index is 2.09. The Morgan fingerprint density at radius 1 is 1.19 bits per heavy atom. The Morgan fingerprint density at radius 3 is 2.63 bits per heavy atom. The maximum Gasteiger partial charge on any atom is 0.307 e. The summed E-state index contributed by atoms with van der Waals surface area (Å²) in [6.07, 6.45) is 1.38. The first kappa shape index (κ1) is 19.2. The van der Waals surface area contributed by atoms with Gasteiger partial charge in [-0.05, 0) is 37.6 Å². The van der Waals surface area contributed by atoms with Crippen LogP contribution in [0.1, 0.15) is 30.0 Å². The molecule has 0 bridgehead atoms. The number of hydrogen-bond donors (Lipinski definition) is 1. The number of carboxylic acid groups (broad SMARTS) is 1. The SMILES string of the molecule is COc1ccc(C(c2ccccc2F)N2CCCC(C(=O)O)C2)c(OC)c1. The predicted molar refractivity (Wildman–Crippen MR) is 99.7 cm³/mol. The first-order chi connectivity index (χ1) is 13.0. The van der Waals surface area contributed by atoms with Crippen LogP contribution in [0.25, 0.3) is 0 Å². The van der Waals surface area contributed by atoms with Gasteiger partial charge in [0.05, 0.1) is 26.2 Å². The van der Waals surface area contributed by atoms with Crippen LogP contribution in [0.5, 0.6) is 11.5 Å². The van der Waals surface area contributed by atoms with Crippen LogP contribution < -0.4 is 9.47 Å². The summed E-state index contributed by atoms with van der Waals surface area (Å²) in [4.78, 5) is 13.6. The average molecular weight is 373 g/mol. The van der Waals surface area contributed by atoms with Crippen LogP contribution in [-0.4, -0.2) is 43.3 Å². The molecule has 1 N–H and O–H groups in total. The fourth-order valence-electron chi connectivity index (χ4n) is 3.74. The van der Waals surface area contributed by atoms with Crippen LogP contribution in [-0.2, 0) is 4.79 Å². The molecule has 1 aliphatic rings. The molecule has 0 amide bonds. The largest absolute Gasteiger partial charge is 0.497 e. The molecule has 0 saturated carbocycles. The average Bonchev–Trinajstić information content (AvgIpc) is 2.70. The van der Waals surface area contributed by atoms with Gasteiger partial charge < -0.3 is 14.6 Å². The molecule has 0 aliphatic carbocycles. The van der Waals surface area contributed by atoms with Gasteiger partial charge in [0.15, 0.2) is 0 Å². The fraction of sp³-hybridized carbons (Fsp3) is 0.381. The van der Waals surface area contributed by atoms with E-state index in [-0.39, 0.29) is 5.82 Å². The van der Waals surface area contributed by atoms with Crippen molar-refractivity contribution in [3.63, 3.8) is 0 Å². The maximum atomic E-state index is 14.7. The van der Waals surface area contributed by atoms with Crippen molar-refractivity contribution < 1.29 is 23.8 Å². The van der Waals surface area contributed by atoms with E-state index >= 15 is 0 Å². The molecule has 2 aromatic carbocycles. The van der Waals surface area contributed by atoms with E-state index in [4.69, 9.17) is 9.47 Å². The highest BCUT2D eigenvalue weighted by molar-refractivity contribution is 5.70. The zero-order valence-corrected chi connectivity index (χ0v) is 15.5. The third-order valence-electron chi connectivity index (χ3n) is 5.10. The lowest BCUT2D eigenvalue weighted by molar-refractivity contribution is -0.143. The minimum atomic E-state index is -0.811. The number of piperidine rings is 1. The number of likely N-dealkylation sites (tertiary alicyclic amines) is 1. The highest BCUT2D eigenvalue weighted by Crippen LogP contribution is 2.39. The van der Waals surface area contributed by atoms with Gasteiger partial charge in [-0.2, -0.15) is 0 Å². The number of carboxylic acids is 1. The van der Waals surface area contributed by atoms with E-state index in [1.807, 2.05) is 17.0 Å². The normalized spacial score (nSPS) is 18.7. The zero-order chi connectivity index (χ0) is 19.4. The number of rotatable bonds is 6. The topological polar surface area (TPSA) is 59.0 Å². The Hall–Kier alpha value is -2.60. The minimum absolute atomic E-state index is 0.321. The number of methoxy groups -OCH3 is 2. The lowest BCUT2D eigenvalue weighted by Crippen LogP contribution is -2.41. The van der Waals surface area contributed by atoms with E-state index in [1.165, 1.54) is 6.07 Å². The minimum Gasteiger partial charge on any atom is -0.497 e. The molecular formula is C21H24FNO4. The van der Waals surface area contributed by atoms with Gasteiger partial charge in [0.25, 0.3) is 0 Å². The number of halogens is 1. The summed E-state index contributed by atoms with van der Waals surface area (Å²) < 4.78 is 25.5. The molecule has 144 valence electrons. The van der Waals surface area contributed by atoms with Crippen LogP contribution in [0.15, 0.2) is 42.5 Å². The molecule has 27 heavy (non-hydrogen) atoms. The predicted octanol–water partition coefficient (Wildman–Crippen LogP) is 3.73. The van der Waals surface area contributed by atoms with Crippen molar-refractivity contribution in [3.05, 3.63) is 59.4 Å². The van der Waals surface area contributed by atoms with Gasteiger partial charge in [-0.3, -0.25) is 9.69 Å². The standard InChI is InChI=1S/C21H24FNO4/c1-26-15-9-10-17(19(12-15)27-2)20(16-7-3-4-8-18(16)22)23-11-5-6-14(13-23)21(24)25/h3-4,7-10,12,14,20H,5-6,11,13H2,1-2H3,(H,24,25). The molecule has 5 nitrogen and oxygen atoms in total. The summed E-state index contributed by atoms with van der Waals surface area (Å²) in [5, 5.41) is 9.46. The van der Waals surface area contributed by atoms with E-state index in [9.17, 15) is 14.3 Å². The van der Waals surface area contributed by atoms with Crippen LogP contribution in [0.4, 0.5) is 4.39 Å². The first-order valence-electron chi connectivity index (χ1n) is 8.98. The summed E-state index contributed by atoms with van der Waals surface area (Å²) >= 11 is 0. The van der Waals surface area contributed by atoms with Crippen molar-refractivity contribution in [2.45, 2.75) is 18.9 Å². The fourth-order valence-corrected chi connectivity index (χ4v) is 3.74. The summed E-state index contributed by atoms with van der Waals surface area (Å²) in [5.74, 6) is -0.367. The second-order valence-corrected chi connectivity index (χ2v) is 6.70. The Bertz CT molecular complexity index is 811. The number of aliphatic carboxylic acids is 1. The van der Waals surface area contributed by atoms with Gasteiger partial charge >= 0.3 is 5.97 Å². The highest BCUT2D eigenvalue weighted by Gasteiger charge is 2.33. The number of nitrogens with zero attached hydrogens (tertiary/aromatic N) is 1. The van der Waals surface area contributed by atoms with Gasteiger partial charge in [-0.1, -0.05) is 18.2 Å². The van der Waals surface area contributed by atoms with Crippen molar-refractivity contribution >= 4 is 5.97 Å². The smallest absolute Gasteiger partial charge is 0.307 e. The molecule has 2 aromatic rings. The molecule has 3 rings (SSSR count). The lowest BCUT2D eigenvalue weighted by atomic mass is 9.90. The second kappa shape index (κ2) is 8.39. The number of ether oxygens (including phenoxy) is 2. The summed E-state index contributed by atoms with van der Waals surface area (Å²) in [6.45, 7) is 1.06. The summed E-state index contributed by atoms with van der Waals surface area (Å²) in [6, 6.07) is 11.6. The number of hydrogen-bond acceptors (Lipinski definition) is 4. The van der Waals surface area contributed by atoms with Crippen LogP contribution >= 0.6 is 0 Å². The molecule has 2 atom stereocenters. The zero-order valence-electron chi connectivity index (χ0n) is 15.5. The molecule has 6 heteroatoms. The van der Waals surface area contributed by atoms with Crippen LogP contribution in [0, 0.1) is 11.7 Å². The molecule has 0 aromatic heterocycles. The number of benzene rings is 2.